The maximum absolute atomic E-state index is 6.12. The fourth-order valence-corrected chi connectivity index (χ4v) is 5.77. The first kappa shape index (κ1) is 21.0. The maximum Gasteiger partial charge on any atom is 0.135 e. The van der Waals surface area contributed by atoms with Gasteiger partial charge in [-0.1, -0.05) is 91.0 Å². The van der Waals surface area contributed by atoms with E-state index in [0.717, 1.165) is 27.6 Å². The number of nitrogens with zero attached hydrogens (tertiary/aromatic N) is 1. The molecular formula is C36H23NO. The largest absolute Gasteiger partial charge is 0.456 e. The number of para-hydroxylation sites is 1. The van der Waals surface area contributed by atoms with Gasteiger partial charge < -0.3 is 8.98 Å². The van der Waals surface area contributed by atoms with E-state index in [4.69, 9.17) is 4.42 Å². The number of hydrogen-bond acceptors (Lipinski definition) is 1. The normalized spacial score (nSPS) is 11.7. The molecule has 0 fully saturated rings. The molecule has 0 radical (unpaired) electrons. The zero-order valence-electron chi connectivity index (χ0n) is 20.6. The molecule has 2 heteroatoms. The Balaban J connectivity index is 1.43. The van der Waals surface area contributed by atoms with Crippen molar-refractivity contribution in [3.8, 4) is 27.9 Å². The Kier molecular flexibility index (Phi) is 4.55. The summed E-state index contributed by atoms with van der Waals surface area (Å²) in [5.41, 5.74) is 10.2. The molecule has 38 heavy (non-hydrogen) atoms. The van der Waals surface area contributed by atoms with Crippen LogP contribution in [0.2, 0.25) is 0 Å². The van der Waals surface area contributed by atoms with Crippen LogP contribution < -0.4 is 0 Å². The minimum Gasteiger partial charge on any atom is -0.456 e. The summed E-state index contributed by atoms with van der Waals surface area (Å²) in [7, 11) is 0. The van der Waals surface area contributed by atoms with Gasteiger partial charge in [0.2, 0.25) is 0 Å². The monoisotopic (exact) mass is 485 g/mol. The molecule has 0 aliphatic heterocycles. The standard InChI is InChI=1S/C36H23NO/c1-3-9-24(10-4-1)26-15-18-33-30(21-26)31-22-27(25-11-5-2-6-12-25)16-19-34(31)37(33)28-17-20-36-32(23-28)29-13-7-8-14-35(29)38-36/h1-23H. The van der Waals surface area contributed by atoms with Crippen LogP contribution in [0.25, 0.3) is 71.7 Å². The first-order valence-electron chi connectivity index (χ1n) is 12.9. The topological polar surface area (TPSA) is 18.1 Å². The third kappa shape index (κ3) is 3.21. The van der Waals surface area contributed by atoms with Crippen LogP contribution in [0.5, 0.6) is 0 Å². The molecule has 178 valence electrons. The number of hydrogen-bond donors (Lipinski definition) is 0. The predicted octanol–water partition coefficient (Wildman–Crippen LogP) is 10.0. The first-order chi connectivity index (χ1) is 18.8. The molecule has 0 saturated carbocycles. The molecule has 0 amide bonds. The van der Waals surface area contributed by atoms with Crippen LogP contribution in [0.15, 0.2) is 144 Å². The van der Waals surface area contributed by atoms with Crippen LogP contribution in [0.4, 0.5) is 0 Å². The molecule has 0 N–H and O–H groups in total. The van der Waals surface area contributed by atoms with Crippen molar-refractivity contribution in [2.75, 3.05) is 0 Å². The van der Waals surface area contributed by atoms with Gasteiger partial charge in [-0.3, -0.25) is 0 Å². The Morgan fingerprint density at radius 2 is 0.921 bits per heavy atom. The van der Waals surface area contributed by atoms with Crippen molar-refractivity contribution in [1.82, 2.24) is 4.57 Å². The van der Waals surface area contributed by atoms with Crippen molar-refractivity contribution in [1.29, 1.82) is 0 Å². The molecule has 0 atom stereocenters. The third-order valence-electron chi connectivity index (χ3n) is 7.60. The van der Waals surface area contributed by atoms with Gasteiger partial charge in [0, 0.05) is 27.2 Å². The summed E-state index contributed by atoms with van der Waals surface area (Å²) in [5.74, 6) is 0. The summed E-state index contributed by atoms with van der Waals surface area (Å²) >= 11 is 0. The van der Waals surface area contributed by atoms with E-state index in [2.05, 4.69) is 132 Å². The molecule has 0 bridgehead atoms. The summed E-state index contributed by atoms with van der Waals surface area (Å²) in [4.78, 5) is 0. The quantitative estimate of drug-likeness (QED) is 0.243. The molecule has 0 saturated heterocycles. The molecule has 6 aromatic carbocycles. The molecule has 8 rings (SSSR count). The second-order valence-electron chi connectivity index (χ2n) is 9.81. The van der Waals surface area contributed by atoms with E-state index in [-0.39, 0.29) is 0 Å². The van der Waals surface area contributed by atoms with Gasteiger partial charge in [-0.2, -0.15) is 0 Å². The molecule has 0 unspecified atom stereocenters. The van der Waals surface area contributed by atoms with Gasteiger partial charge in [-0.25, -0.2) is 0 Å². The Labute approximate surface area is 220 Å². The van der Waals surface area contributed by atoms with E-state index in [1.54, 1.807) is 0 Å². The van der Waals surface area contributed by atoms with Crippen molar-refractivity contribution in [3.05, 3.63) is 140 Å². The van der Waals surface area contributed by atoms with Gasteiger partial charge >= 0.3 is 0 Å². The fourth-order valence-electron chi connectivity index (χ4n) is 5.77. The Morgan fingerprint density at radius 3 is 1.55 bits per heavy atom. The summed E-state index contributed by atoms with van der Waals surface area (Å²) < 4.78 is 8.50. The summed E-state index contributed by atoms with van der Waals surface area (Å²) in [5, 5.41) is 4.77. The van der Waals surface area contributed by atoms with Crippen molar-refractivity contribution in [2.45, 2.75) is 0 Å². The number of furan rings is 1. The zero-order valence-corrected chi connectivity index (χ0v) is 20.6. The van der Waals surface area contributed by atoms with Crippen LogP contribution >= 0.6 is 0 Å². The van der Waals surface area contributed by atoms with E-state index in [0.29, 0.717) is 0 Å². The Morgan fingerprint density at radius 1 is 0.368 bits per heavy atom. The minimum atomic E-state index is 0.911. The molecular weight excluding hydrogens is 462 g/mol. The lowest BCUT2D eigenvalue weighted by Gasteiger charge is -2.09. The summed E-state index contributed by atoms with van der Waals surface area (Å²) in [6, 6.07) is 49.7. The zero-order chi connectivity index (χ0) is 25.1. The number of rotatable bonds is 3. The predicted molar refractivity (Wildman–Crippen MR) is 159 cm³/mol. The summed E-state index contributed by atoms with van der Waals surface area (Å²) in [6.07, 6.45) is 0. The van der Waals surface area contributed by atoms with Crippen molar-refractivity contribution in [3.63, 3.8) is 0 Å². The van der Waals surface area contributed by atoms with Crippen molar-refractivity contribution >= 4 is 43.7 Å². The lowest BCUT2D eigenvalue weighted by molar-refractivity contribution is 0.669. The first-order valence-corrected chi connectivity index (χ1v) is 12.9. The molecule has 0 spiro atoms. The second-order valence-corrected chi connectivity index (χ2v) is 9.81. The molecule has 2 aromatic heterocycles. The molecule has 0 aliphatic rings. The maximum atomic E-state index is 6.12. The van der Waals surface area contributed by atoms with Gasteiger partial charge in [0.25, 0.3) is 0 Å². The third-order valence-corrected chi connectivity index (χ3v) is 7.60. The molecule has 8 aromatic rings. The van der Waals surface area contributed by atoms with E-state index in [1.165, 1.54) is 44.1 Å². The fraction of sp³-hybridized carbons (Fsp3) is 0. The minimum absolute atomic E-state index is 0.911. The van der Waals surface area contributed by atoms with Crippen LogP contribution in [-0.2, 0) is 0 Å². The SMILES string of the molecule is c1ccc(-c2ccc3c(c2)c2cc(-c4ccccc4)ccc2n3-c2ccc3oc4ccccc4c3c2)cc1. The highest BCUT2D eigenvalue weighted by molar-refractivity contribution is 6.12. The van der Waals surface area contributed by atoms with Crippen molar-refractivity contribution in [2.24, 2.45) is 0 Å². The van der Waals surface area contributed by atoms with Crippen molar-refractivity contribution < 1.29 is 4.42 Å². The molecule has 0 aliphatic carbocycles. The van der Waals surface area contributed by atoms with E-state index in [1.807, 2.05) is 12.1 Å². The number of aromatic nitrogens is 1. The highest BCUT2D eigenvalue weighted by Crippen LogP contribution is 2.38. The van der Waals surface area contributed by atoms with Gasteiger partial charge in [0.15, 0.2) is 0 Å². The second kappa shape index (κ2) is 8.22. The Bertz CT molecular complexity index is 2020. The van der Waals surface area contributed by atoms with E-state index < -0.39 is 0 Å². The van der Waals surface area contributed by atoms with Gasteiger partial charge in [-0.15, -0.1) is 0 Å². The average molecular weight is 486 g/mol. The number of fused-ring (bicyclic) bond motifs is 6. The van der Waals surface area contributed by atoms with Crippen LogP contribution in [0.1, 0.15) is 0 Å². The molecule has 2 nitrogen and oxygen atoms in total. The lowest BCUT2D eigenvalue weighted by Crippen LogP contribution is -1.93. The van der Waals surface area contributed by atoms with E-state index >= 15 is 0 Å². The van der Waals surface area contributed by atoms with Crippen LogP contribution in [0, 0.1) is 0 Å². The Hall–Kier alpha value is -5.08. The van der Waals surface area contributed by atoms with Gasteiger partial charge in [0.05, 0.1) is 11.0 Å². The van der Waals surface area contributed by atoms with Crippen LogP contribution in [0.3, 0.4) is 0 Å². The van der Waals surface area contributed by atoms with E-state index in [9.17, 15) is 0 Å². The molecule has 2 heterocycles. The summed E-state index contributed by atoms with van der Waals surface area (Å²) in [6.45, 7) is 0. The average Bonchev–Trinajstić information content (AvgIpc) is 3.52. The highest BCUT2D eigenvalue weighted by Gasteiger charge is 2.16. The van der Waals surface area contributed by atoms with Gasteiger partial charge in [0.1, 0.15) is 11.2 Å². The van der Waals surface area contributed by atoms with Gasteiger partial charge in [-0.05, 0) is 70.8 Å². The van der Waals surface area contributed by atoms with Crippen LogP contribution in [-0.4, -0.2) is 4.57 Å². The number of benzene rings is 6. The lowest BCUT2D eigenvalue weighted by atomic mass is 10.0. The highest BCUT2D eigenvalue weighted by atomic mass is 16.3. The smallest absolute Gasteiger partial charge is 0.135 e.